The Hall–Kier alpha value is -1.35. The van der Waals surface area contributed by atoms with Gasteiger partial charge < -0.3 is 10.5 Å². The third-order valence-electron chi connectivity index (χ3n) is 3.02. The first kappa shape index (κ1) is 14.7. The summed E-state index contributed by atoms with van der Waals surface area (Å²) in [5.74, 6) is 1.15. The Morgan fingerprint density at radius 2 is 2.00 bits per heavy atom. The van der Waals surface area contributed by atoms with Crippen LogP contribution in [0.15, 0.2) is 18.2 Å². The molecule has 0 aliphatic carbocycles. The molecule has 1 atom stereocenters. The molecule has 1 rings (SSSR count). The molecule has 100 valence electrons. The third-order valence-corrected chi connectivity index (χ3v) is 3.02. The Labute approximate surface area is 109 Å². The summed E-state index contributed by atoms with van der Waals surface area (Å²) in [4.78, 5) is 12.2. The van der Waals surface area contributed by atoms with Gasteiger partial charge in [0.25, 0.3) is 0 Å². The third kappa shape index (κ3) is 3.84. The Morgan fingerprint density at radius 1 is 1.33 bits per heavy atom. The number of rotatable bonds is 6. The average molecular weight is 249 g/mol. The molecule has 0 heterocycles. The van der Waals surface area contributed by atoms with E-state index < -0.39 is 0 Å². The monoisotopic (exact) mass is 249 g/mol. The number of Topliss-reactive ketones (excluding diaryl/α,β-unsaturated/α-hetero) is 1. The molecule has 0 spiro atoms. The van der Waals surface area contributed by atoms with Gasteiger partial charge in [0, 0.05) is 12.5 Å². The molecular weight excluding hydrogens is 226 g/mol. The molecule has 3 nitrogen and oxygen atoms in total. The van der Waals surface area contributed by atoms with Crippen LogP contribution in [-0.2, 0) is 0 Å². The molecule has 0 fully saturated rings. The van der Waals surface area contributed by atoms with Crippen LogP contribution in [-0.4, -0.2) is 18.9 Å². The minimum atomic E-state index is 0.0493. The van der Waals surface area contributed by atoms with Crippen molar-refractivity contribution >= 4 is 5.78 Å². The van der Waals surface area contributed by atoms with Crippen molar-refractivity contribution < 1.29 is 9.53 Å². The fourth-order valence-electron chi connectivity index (χ4n) is 1.80. The summed E-state index contributed by atoms with van der Waals surface area (Å²) in [5.41, 5.74) is 7.51. The highest BCUT2D eigenvalue weighted by atomic mass is 16.5. The molecule has 3 heteroatoms. The van der Waals surface area contributed by atoms with Crippen LogP contribution in [0, 0.1) is 0 Å². The number of carbonyl (C=O) groups is 1. The topological polar surface area (TPSA) is 52.3 Å². The number of carbonyl (C=O) groups excluding carboxylic acids is 1. The molecule has 0 aliphatic heterocycles. The van der Waals surface area contributed by atoms with E-state index >= 15 is 0 Å². The highest BCUT2D eigenvalue weighted by Gasteiger charge is 2.14. The summed E-state index contributed by atoms with van der Waals surface area (Å²) < 4.78 is 5.26. The number of ether oxygens (including phenoxy) is 1. The van der Waals surface area contributed by atoms with E-state index in [0.717, 1.165) is 5.56 Å². The fourth-order valence-corrected chi connectivity index (χ4v) is 1.80. The summed E-state index contributed by atoms with van der Waals surface area (Å²) in [6, 6.07) is 5.86. The molecule has 0 amide bonds. The van der Waals surface area contributed by atoms with Crippen LogP contribution >= 0.6 is 0 Å². The maximum absolute atomic E-state index is 12.2. The Kier molecular flexibility index (Phi) is 5.35. The second-order valence-corrected chi connectivity index (χ2v) is 5.05. The molecule has 1 aromatic rings. The fraction of sp³-hybridized carbons (Fsp3) is 0.533. The van der Waals surface area contributed by atoms with Gasteiger partial charge in [-0.2, -0.15) is 0 Å². The van der Waals surface area contributed by atoms with Crippen molar-refractivity contribution in [3.05, 3.63) is 29.3 Å². The van der Waals surface area contributed by atoms with E-state index in [0.29, 0.717) is 30.1 Å². The summed E-state index contributed by atoms with van der Waals surface area (Å²) >= 11 is 0. The van der Waals surface area contributed by atoms with Crippen LogP contribution in [0.5, 0.6) is 5.75 Å². The zero-order valence-electron chi connectivity index (χ0n) is 11.7. The van der Waals surface area contributed by atoms with Crippen LogP contribution in [0.4, 0.5) is 0 Å². The number of hydrogen-bond acceptors (Lipinski definition) is 3. The van der Waals surface area contributed by atoms with Crippen molar-refractivity contribution in [1.29, 1.82) is 0 Å². The minimum absolute atomic E-state index is 0.0493. The van der Waals surface area contributed by atoms with E-state index in [1.165, 1.54) is 0 Å². The molecule has 0 radical (unpaired) electrons. The molecule has 0 bridgehead atoms. The molecule has 1 unspecified atom stereocenters. The van der Waals surface area contributed by atoms with Gasteiger partial charge in [-0.3, -0.25) is 4.79 Å². The maximum atomic E-state index is 12.2. The van der Waals surface area contributed by atoms with Gasteiger partial charge in [-0.05, 0) is 37.0 Å². The standard InChI is InChI=1S/C15H23NO2/c1-10(2)12-6-8-15(18-4)13(9-12)14(17)7-5-11(3)16/h6,8-11H,5,7,16H2,1-4H3. The van der Waals surface area contributed by atoms with Gasteiger partial charge in [-0.15, -0.1) is 0 Å². The van der Waals surface area contributed by atoms with Crippen LogP contribution in [0.1, 0.15) is 55.5 Å². The molecule has 1 aromatic carbocycles. The normalized spacial score (nSPS) is 12.6. The lowest BCUT2D eigenvalue weighted by atomic mass is 9.96. The largest absolute Gasteiger partial charge is 0.496 e. The van der Waals surface area contributed by atoms with Crippen molar-refractivity contribution in [1.82, 2.24) is 0 Å². The predicted molar refractivity (Wildman–Crippen MR) is 74.3 cm³/mol. The van der Waals surface area contributed by atoms with Crippen molar-refractivity contribution in [3.63, 3.8) is 0 Å². The first-order valence-electron chi connectivity index (χ1n) is 6.42. The molecule has 0 aliphatic rings. The van der Waals surface area contributed by atoms with Crippen molar-refractivity contribution in [2.45, 2.75) is 45.6 Å². The quantitative estimate of drug-likeness (QED) is 0.788. The van der Waals surface area contributed by atoms with Gasteiger partial charge >= 0.3 is 0 Å². The zero-order valence-corrected chi connectivity index (χ0v) is 11.7. The predicted octanol–water partition coefficient (Wildman–Crippen LogP) is 3.13. The minimum Gasteiger partial charge on any atom is -0.496 e. The summed E-state index contributed by atoms with van der Waals surface area (Å²) in [6.45, 7) is 6.13. The SMILES string of the molecule is COc1ccc(C(C)C)cc1C(=O)CCC(C)N. The first-order chi connectivity index (χ1) is 8.45. The molecule has 18 heavy (non-hydrogen) atoms. The number of benzene rings is 1. The van der Waals surface area contributed by atoms with Crippen LogP contribution in [0.2, 0.25) is 0 Å². The summed E-state index contributed by atoms with van der Waals surface area (Å²) in [6.07, 6.45) is 1.17. The second-order valence-electron chi connectivity index (χ2n) is 5.05. The highest BCUT2D eigenvalue weighted by Crippen LogP contribution is 2.25. The number of hydrogen-bond donors (Lipinski definition) is 1. The van der Waals surface area contributed by atoms with Gasteiger partial charge in [0.15, 0.2) is 5.78 Å². The molecule has 0 saturated heterocycles. The van der Waals surface area contributed by atoms with E-state index in [2.05, 4.69) is 13.8 Å². The van der Waals surface area contributed by atoms with Gasteiger partial charge in [0.1, 0.15) is 5.75 Å². The number of ketones is 1. The van der Waals surface area contributed by atoms with Crippen LogP contribution in [0.3, 0.4) is 0 Å². The van der Waals surface area contributed by atoms with Gasteiger partial charge in [-0.25, -0.2) is 0 Å². The van der Waals surface area contributed by atoms with E-state index in [9.17, 15) is 4.79 Å². The molecule has 0 saturated carbocycles. The lowest BCUT2D eigenvalue weighted by Crippen LogP contribution is -2.16. The van der Waals surface area contributed by atoms with E-state index in [-0.39, 0.29) is 11.8 Å². The zero-order chi connectivity index (χ0) is 13.7. The molecule has 0 aromatic heterocycles. The van der Waals surface area contributed by atoms with Crippen LogP contribution in [0.25, 0.3) is 0 Å². The maximum Gasteiger partial charge on any atom is 0.166 e. The summed E-state index contributed by atoms with van der Waals surface area (Å²) in [5, 5.41) is 0. The van der Waals surface area contributed by atoms with Crippen LogP contribution < -0.4 is 10.5 Å². The van der Waals surface area contributed by atoms with Crippen molar-refractivity contribution in [2.75, 3.05) is 7.11 Å². The smallest absolute Gasteiger partial charge is 0.166 e. The lowest BCUT2D eigenvalue weighted by molar-refractivity contribution is 0.0975. The lowest BCUT2D eigenvalue weighted by Gasteiger charge is -2.12. The van der Waals surface area contributed by atoms with Crippen molar-refractivity contribution in [3.8, 4) is 5.75 Å². The Balaban J connectivity index is 2.96. The van der Waals surface area contributed by atoms with E-state index in [4.69, 9.17) is 10.5 Å². The van der Waals surface area contributed by atoms with E-state index in [1.807, 2.05) is 25.1 Å². The highest BCUT2D eigenvalue weighted by molar-refractivity contribution is 5.98. The van der Waals surface area contributed by atoms with Gasteiger partial charge in [-0.1, -0.05) is 19.9 Å². The number of nitrogens with two attached hydrogens (primary N) is 1. The first-order valence-corrected chi connectivity index (χ1v) is 6.42. The molecule has 2 N–H and O–H groups in total. The second kappa shape index (κ2) is 6.55. The Bertz CT molecular complexity index is 411. The van der Waals surface area contributed by atoms with Gasteiger partial charge in [0.05, 0.1) is 12.7 Å². The Morgan fingerprint density at radius 3 is 2.50 bits per heavy atom. The van der Waals surface area contributed by atoms with E-state index in [1.54, 1.807) is 7.11 Å². The number of methoxy groups -OCH3 is 1. The average Bonchev–Trinajstić information content (AvgIpc) is 2.34. The van der Waals surface area contributed by atoms with Gasteiger partial charge in [0.2, 0.25) is 0 Å². The van der Waals surface area contributed by atoms with Crippen molar-refractivity contribution in [2.24, 2.45) is 5.73 Å². The molecular formula is C15H23NO2. The summed E-state index contributed by atoms with van der Waals surface area (Å²) in [7, 11) is 1.59.